The molecule has 2 aromatic rings. The normalized spacial score (nSPS) is 10.9. The largest absolute Gasteiger partial charge is 0.364 e. The molecular formula is C13H16N6O. The fourth-order valence-corrected chi connectivity index (χ4v) is 1.66. The van der Waals surface area contributed by atoms with Gasteiger partial charge in [-0.15, -0.1) is 5.11 Å². The van der Waals surface area contributed by atoms with Crippen LogP contribution in [0.4, 0.5) is 5.82 Å². The molecule has 0 saturated carbocycles. The number of hydrogen-bond acceptors (Lipinski definition) is 4. The van der Waals surface area contributed by atoms with Crippen molar-refractivity contribution < 1.29 is 4.79 Å². The van der Waals surface area contributed by atoms with Gasteiger partial charge >= 0.3 is 0 Å². The third-order valence-electron chi connectivity index (χ3n) is 2.51. The molecule has 0 radical (unpaired) electrons. The zero-order valence-electron chi connectivity index (χ0n) is 11.4. The minimum atomic E-state index is -0.607. The Hall–Kier alpha value is -2.70. The van der Waals surface area contributed by atoms with Crippen molar-refractivity contribution in [2.24, 2.45) is 16.1 Å². The summed E-state index contributed by atoms with van der Waals surface area (Å²) < 4.78 is 0. The lowest BCUT2D eigenvalue weighted by Crippen LogP contribution is -2.11. The van der Waals surface area contributed by atoms with E-state index in [-0.39, 0.29) is 11.5 Å². The first-order chi connectivity index (χ1) is 9.56. The molecule has 0 aliphatic rings. The molecule has 2 rings (SSSR count). The van der Waals surface area contributed by atoms with Crippen LogP contribution >= 0.6 is 0 Å². The van der Waals surface area contributed by atoms with E-state index >= 15 is 0 Å². The molecule has 0 saturated heterocycles. The Labute approximate surface area is 116 Å². The van der Waals surface area contributed by atoms with Crippen LogP contribution in [0.2, 0.25) is 0 Å². The van der Waals surface area contributed by atoms with E-state index in [0.717, 1.165) is 5.56 Å². The molecule has 1 aromatic carbocycles. The third kappa shape index (κ3) is 3.41. The fraction of sp³-hybridized carbons (Fsp3) is 0.231. The number of amides is 1. The minimum Gasteiger partial charge on any atom is -0.364 e. The summed E-state index contributed by atoms with van der Waals surface area (Å²) in [6.07, 6.45) is 0.568. The molecule has 104 valence electrons. The van der Waals surface area contributed by atoms with Gasteiger partial charge in [-0.25, -0.2) is 4.98 Å². The van der Waals surface area contributed by atoms with Crippen LogP contribution < -0.4 is 5.73 Å². The van der Waals surface area contributed by atoms with Gasteiger partial charge in [-0.3, -0.25) is 9.80 Å². The number of aromatic nitrogens is 2. The predicted octanol–water partition coefficient (Wildman–Crippen LogP) is 1.66. The van der Waals surface area contributed by atoms with E-state index in [1.807, 2.05) is 30.3 Å². The van der Waals surface area contributed by atoms with Gasteiger partial charge in [-0.2, -0.15) is 0 Å². The van der Waals surface area contributed by atoms with E-state index in [2.05, 4.69) is 20.3 Å². The van der Waals surface area contributed by atoms with Crippen molar-refractivity contribution in [3.8, 4) is 0 Å². The number of rotatable bonds is 5. The van der Waals surface area contributed by atoms with Crippen molar-refractivity contribution in [1.29, 1.82) is 0 Å². The van der Waals surface area contributed by atoms with Crippen LogP contribution in [0.3, 0.4) is 0 Å². The second-order valence-electron chi connectivity index (χ2n) is 4.45. The topological polar surface area (TPSA) is 99.7 Å². The van der Waals surface area contributed by atoms with Gasteiger partial charge < -0.3 is 10.7 Å². The predicted molar refractivity (Wildman–Crippen MR) is 74.6 cm³/mol. The molecular weight excluding hydrogens is 256 g/mol. The van der Waals surface area contributed by atoms with Gasteiger partial charge in [0.15, 0.2) is 5.69 Å². The summed E-state index contributed by atoms with van der Waals surface area (Å²) in [5.74, 6) is 0.222. The van der Waals surface area contributed by atoms with Crippen LogP contribution in [0.5, 0.6) is 0 Å². The molecule has 20 heavy (non-hydrogen) atoms. The van der Waals surface area contributed by atoms with Crippen molar-refractivity contribution in [3.05, 3.63) is 47.4 Å². The van der Waals surface area contributed by atoms with E-state index in [1.165, 1.54) is 5.01 Å². The van der Waals surface area contributed by atoms with E-state index in [1.54, 1.807) is 14.1 Å². The number of imidazole rings is 1. The summed E-state index contributed by atoms with van der Waals surface area (Å²) >= 11 is 0. The van der Waals surface area contributed by atoms with Crippen LogP contribution in [-0.4, -0.2) is 35.0 Å². The average molecular weight is 272 g/mol. The van der Waals surface area contributed by atoms with Gasteiger partial charge in [0.25, 0.3) is 5.91 Å². The summed E-state index contributed by atoms with van der Waals surface area (Å²) in [5.41, 5.74) is 6.55. The molecule has 7 nitrogen and oxygen atoms in total. The summed E-state index contributed by atoms with van der Waals surface area (Å²) in [6.45, 7) is 0. The van der Waals surface area contributed by atoms with Crippen molar-refractivity contribution in [3.63, 3.8) is 0 Å². The molecule has 0 aliphatic heterocycles. The van der Waals surface area contributed by atoms with Crippen LogP contribution in [0.25, 0.3) is 0 Å². The maximum absolute atomic E-state index is 11.4. The molecule has 1 amide bonds. The fourth-order valence-electron chi connectivity index (χ4n) is 1.66. The molecule has 0 atom stereocenters. The monoisotopic (exact) mass is 272 g/mol. The lowest BCUT2D eigenvalue weighted by molar-refractivity contribution is 0.0996. The van der Waals surface area contributed by atoms with Crippen LogP contribution in [0.1, 0.15) is 21.9 Å². The summed E-state index contributed by atoms with van der Waals surface area (Å²) in [6, 6.07) is 9.79. The van der Waals surface area contributed by atoms with Gasteiger partial charge in [-0.05, 0) is 5.56 Å². The van der Waals surface area contributed by atoms with E-state index in [4.69, 9.17) is 5.73 Å². The van der Waals surface area contributed by atoms with Crippen molar-refractivity contribution in [2.45, 2.75) is 6.42 Å². The van der Waals surface area contributed by atoms with Crippen LogP contribution in [-0.2, 0) is 6.42 Å². The number of nitrogens with two attached hydrogens (primary N) is 1. The Morgan fingerprint density at radius 1 is 1.35 bits per heavy atom. The molecule has 1 heterocycles. The number of nitrogens with one attached hydrogen (secondary N) is 1. The van der Waals surface area contributed by atoms with Gasteiger partial charge in [0, 0.05) is 20.5 Å². The molecule has 0 spiro atoms. The van der Waals surface area contributed by atoms with E-state index < -0.39 is 5.91 Å². The lowest BCUT2D eigenvalue weighted by Gasteiger charge is -1.99. The highest BCUT2D eigenvalue weighted by atomic mass is 16.1. The highest BCUT2D eigenvalue weighted by molar-refractivity contribution is 5.95. The number of carbonyl (C=O) groups is 1. The molecule has 0 fully saturated rings. The van der Waals surface area contributed by atoms with Crippen LogP contribution in [0, 0.1) is 0 Å². The first-order valence-corrected chi connectivity index (χ1v) is 6.08. The molecule has 0 bridgehead atoms. The number of benzene rings is 1. The summed E-state index contributed by atoms with van der Waals surface area (Å²) in [4.78, 5) is 18.5. The number of aromatic amines is 1. The Balaban J connectivity index is 2.27. The highest BCUT2D eigenvalue weighted by Gasteiger charge is 2.15. The van der Waals surface area contributed by atoms with Gasteiger partial charge in [0.05, 0.1) is 0 Å². The smallest absolute Gasteiger partial charge is 0.269 e. The molecule has 3 N–H and O–H groups in total. The van der Waals surface area contributed by atoms with Crippen LogP contribution in [0.15, 0.2) is 40.7 Å². The number of H-pyrrole nitrogens is 1. The van der Waals surface area contributed by atoms with E-state index in [9.17, 15) is 4.79 Å². The van der Waals surface area contributed by atoms with Gasteiger partial charge in [-0.1, -0.05) is 35.6 Å². The van der Waals surface area contributed by atoms with Gasteiger partial charge in [0.1, 0.15) is 5.82 Å². The zero-order chi connectivity index (χ0) is 14.5. The SMILES string of the molecule is CN(C)N=Nc1nc(Cc2ccccc2)[nH]c1C(N)=O. The summed E-state index contributed by atoms with van der Waals surface area (Å²) in [5, 5.41) is 9.23. The highest BCUT2D eigenvalue weighted by Crippen LogP contribution is 2.18. The first-order valence-electron chi connectivity index (χ1n) is 6.08. The number of carbonyl (C=O) groups excluding carboxylic acids is 1. The van der Waals surface area contributed by atoms with Crippen molar-refractivity contribution in [2.75, 3.05) is 14.1 Å². The second kappa shape index (κ2) is 5.96. The lowest BCUT2D eigenvalue weighted by atomic mass is 10.1. The Morgan fingerprint density at radius 3 is 2.65 bits per heavy atom. The number of primary amides is 1. The number of nitrogens with zero attached hydrogens (tertiary/aromatic N) is 4. The molecule has 7 heteroatoms. The quantitative estimate of drug-likeness (QED) is 0.639. The maximum atomic E-state index is 11.4. The van der Waals surface area contributed by atoms with Gasteiger partial charge in [0.2, 0.25) is 5.82 Å². The molecule has 0 aliphatic carbocycles. The Kier molecular flexibility index (Phi) is 4.09. The standard InChI is InChI=1S/C13H16N6O/c1-19(2)18-17-13-11(12(14)20)15-10(16-13)8-9-6-4-3-5-7-9/h3-7H,8H2,1-2H3,(H2,14,20)(H,15,16). The maximum Gasteiger partial charge on any atom is 0.269 e. The Bertz CT molecular complexity index is 617. The minimum absolute atomic E-state index is 0.168. The van der Waals surface area contributed by atoms with Crippen molar-refractivity contribution in [1.82, 2.24) is 15.0 Å². The first kappa shape index (κ1) is 13.7. The third-order valence-corrected chi connectivity index (χ3v) is 2.51. The summed E-state index contributed by atoms with van der Waals surface area (Å²) in [7, 11) is 3.45. The average Bonchev–Trinajstić information content (AvgIpc) is 2.81. The number of hydrogen-bond donors (Lipinski definition) is 2. The molecule has 0 unspecified atom stereocenters. The van der Waals surface area contributed by atoms with E-state index in [0.29, 0.717) is 12.2 Å². The zero-order valence-corrected chi connectivity index (χ0v) is 11.4. The Morgan fingerprint density at radius 2 is 2.05 bits per heavy atom. The molecule has 1 aromatic heterocycles. The second-order valence-corrected chi connectivity index (χ2v) is 4.45. The van der Waals surface area contributed by atoms with Crippen molar-refractivity contribution >= 4 is 11.7 Å².